The number of rotatable bonds is 3. The van der Waals surface area contributed by atoms with Gasteiger partial charge in [-0.3, -0.25) is 0 Å². The van der Waals surface area contributed by atoms with E-state index in [4.69, 9.17) is 0 Å². The highest BCUT2D eigenvalue weighted by atomic mass is 79.9. The number of nitrogens with zero attached hydrogens (tertiary/aromatic N) is 1. The van der Waals surface area contributed by atoms with Crippen LogP contribution in [0.1, 0.15) is 30.4 Å². The fourth-order valence-electron chi connectivity index (χ4n) is 3.67. The Morgan fingerprint density at radius 3 is 3.05 bits per heavy atom. The molecule has 3 heteroatoms. The van der Waals surface area contributed by atoms with Crippen molar-refractivity contribution in [3.8, 4) is 0 Å². The summed E-state index contributed by atoms with van der Waals surface area (Å²) in [5, 5.41) is 3.83. The molecule has 20 heavy (non-hydrogen) atoms. The lowest BCUT2D eigenvalue weighted by atomic mass is 9.88. The van der Waals surface area contributed by atoms with E-state index < -0.39 is 0 Å². The van der Waals surface area contributed by atoms with Crippen molar-refractivity contribution < 1.29 is 0 Å². The van der Waals surface area contributed by atoms with E-state index in [1.165, 1.54) is 67.3 Å². The molecular formula is C17H25BrN2. The van der Waals surface area contributed by atoms with E-state index in [1.54, 1.807) is 0 Å². The lowest BCUT2D eigenvalue weighted by Gasteiger charge is -2.32. The molecule has 0 spiro atoms. The first-order valence-corrected chi connectivity index (χ1v) is 8.69. The van der Waals surface area contributed by atoms with Crippen molar-refractivity contribution in [3.05, 3.63) is 33.8 Å². The Kier molecular flexibility index (Phi) is 4.79. The predicted octanol–water partition coefficient (Wildman–Crippen LogP) is 3.24. The van der Waals surface area contributed by atoms with Gasteiger partial charge >= 0.3 is 0 Å². The highest BCUT2D eigenvalue weighted by Gasteiger charge is 2.21. The van der Waals surface area contributed by atoms with Crippen LogP contribution >= 0.6 is 15.9 Å². The van der Waals surface area contributed by atoms with Crippen LogP contribution in [0, 0.1) is 5.92 Å². The summed E-state index contributed by atoms with van der Waals surface area (Å²) in [4.78, 5) is 2.48. The second kappa shape index (κ2) is 6.59. The van der Waals surface area contributed by atoms with Gasteiger partial charge < -0.3 is 10.2 Å². The van der Waals surface area contributed by atoms with Crippen molar-refractivity contribution in [2.45, 2.75) is 38.1 Å². The van der Waals surface area contributed by atoms with Crippen molar-refractivity contribution >= 4 is 15.9 Å². The predicted molar refractivity (Wildman–Crippen MR) is 88.2 cm³/mol. The molecule has 3 rings (SSSR count). The van der Waals surface area contributed by atoms with Crippen molar-refractivity contribution in [3.63, 3.8) is 0 Å². The van der Waals surface area contributed by atoms with Gasteiger partial charge in [0.1, 0.15) is 0 Å². The van der Waals surface area contributed by atoms with E-state index in [0.29, 0.717) is 6.04 Å². The molecule has 2 unspecified atom stereocenters. The molecule has 1 aromatic carbocycles. The molecule has 1 saturated heterocycles. The molecule has 1 aliphatic carbocycles. The van der Waals surface area contributed by atoms with E-state index in [2.05, 4.69) is 51.4 Å². The standard InChI is InChI=1S/C17H25BrN2/c1-20-8-2-3-13(12-20)11-19-17-7-5-14-9-16(18)6-4-15(14)10-17/h4,6,9,13,17,19H,2-3,5,7-8,10-12H2,1H3. The van der Waals surface area contributed by atoms with Crippen LogP contribution in [0.15, 0.2) is 22.7 Å². The molecule has 0 aromatic heterocycles. The number of nitrogens with one attached hydrogen (secondary N) is 1. The van der Waals surface area contributed by atoms with Crippen LogP contribution in [-0.2, 0) is 12.8 Å². The minimum absolute atomic E-state index is 0.677. The summed E-state index contributed by atoms with van der Waals surface area (Å²) < 4.78 is 1.22. The van der Waals surface area contributed by atoms with Gasteiger partial charge in [0.25, 0.3) is 0 Å². The zero-order valence-corrected chi connectivity index (χ0v) is 14.0. The molecule has 0 bridgehead atoms. The van der Waals surface area contributed by atoms with Gasteiger partial charge in [-0.25, -0.2) is 0 Å². The summed E-state index contributed by atoms with van der Waals surface area (Å²) in [7, 11) is 2.25. The van der Waals surface area contributed by atoms with Gasteiger partial charge in [0.15, 0.2) is 0 Å². The molecular weight excluding hydrogens is 312 g/mol. The zero-order chi connectivity index (χ0) is 13.9. The monoisotopic (exact) mass is 336 g/mol. The molecule has 1 N–H and O–H groups in total. The summed E-state index contributed by atoms with van der Waals surface area (Å²) in [6, 6.07) is 7.44. The Morgan fingerprint density at radius 1 is 1.30 bits per heavy atom. The van der Waals surface area contributed by atoms with E-state index >= 15 is 0 Å². The van der Waals surface area contributed by atoms with Crippen LogP contribution in [0.3, 0.4) is 0 Å². The van der Waals surface area contributed by atoms with E-state index in [9.17, 15) is 0 Å². The van der Waals surface area contributed by atoms with Crippen molar-refractivity contribution in [2.24, 2.45) is 5.92 Å². The fraction of sp³-hybridized carbons (Fsp3) is 0.647. The van der Waals surface area contributed by atoms with Crippen LogP contribution in [0.2, 0.25) is 0 Å². The van der Waals surface area contributed by atoms with E-state index in [-0.39, 0.29) is 0 Å². The molecule has 0 saturated carbocycles. The maximum atomic E-state index is 3.83. The number of likely N-dealkylation sites (tertiary alicyclic amines) is 1. The summed E-state index contributed by atoms with van der Waals surface area (Å²) in [5.74, 6) is 0.847. The Morgan fingerprint density at radius 2 is 2.20 bits per heavy atom. The molecule has 1 heterocycles. The minimum Gasteiger partial charge on any atom is -0.313 e. The second-order valence-electron chi connectivity index (χ2n) is 6.53. The Balaban J connectivity index is 1.51. The molecule has 1 aromatic rings. The van der Waals surface area contributed by atoms with Crippen LogP contribution in [0.4, 0.5) is 0 Å². The third-order valence-electron chi connectivity index (χ3n) is 4.81. The van der Waals surface area contributed by atoms with Crippen LogP contribution in [0.25, 0.3) is 0 Å². The number of hydrogen-bond donors (Lipinski definition) is 1. The Bertz CT molecular complexity index is 460. The fourth-order valence-corrected chi connectivity index (χ4v) is 4.08. The quantitative estimate of drug-likeness (QED) is 0.911. The molecule has 2 atom stereocenters. The number of piperidine rings is 1. The third-order valence-corrected chi connectivity index (χ3v) is 5.31. The summed E-state index contributed by atoms with van der Waals surface area (Å²) in [5.41, 5.74) is 3.08. The van der Waals surface area contributed by atoms with E-state index in [0.717, 1.165) is 5.92 Å². The van der Waals surface area contributed by atoms with E-state index in [1.807, 2.05) is 0 Å². The van der Waals surface area contributed by atoms with Gasteiger partial charge in [-0.15, -0.1) is 0 Å². The molecule has 2 aliphatic rings. The lowest BCUT2D eigenvalue weighted by molar-refractivity contribution is 0.201. The molecule has 0 radical (unpaired) electrons. The summed E-state index contributed by atoms with van der Waals surface area (Å²) in [6.45, 7) is 3.74. The Labute approximate surface area is 131 Å². The minimum atomic E-state index is 0.677. The van der Waals surface area contributed by atoms with Gasteiger partial charge in [0, 0.05) is 17.1 Å². The smallest absolute Gasteiger partial charge is 0.0178 e. The maximum absolute atomic E-state index is 3.83. The number of benzene rings is 1. The Hall–Kier alpha value is -0.380. The SMILES string of the molecule is CN1CCCC(CNC2CCc3cc(Br)ccc3C2)C1. The number of aryl methyl sites for hydroxylation is 1. The van der Waals surface area contributed by atoms with Gasteiger partial charge in [-0.05, 0) is 81.4 Å². The highest BCUT2D eigenvalue weighted by Crippen LogP contribution is 2.25. The first-order chi connectivity index (χ1) is 9.70. The van der Waals surface area contributed by atoms with Gasteiger partial charge in [-0.2, -0.15) is 0 Å². The number of fused-ring (bicyclic) bond motifs is 1. The molecule has 1 fully saturated rings. The molecule has 1 aliphatic heterocycles. The topological polar surface area (TPSA) is 15.3 Å². The molecule has 2 nitrogen and oxygen atoms in total. The second-order valence-corrected chi connectivity index (χ2v) is 7.45. The maximum Gasteiger partial charge on any atom is 0.0178 e. The van der Waals surface area contributed by atoms with Crippen LogP contribution in [-0.4, -0.2) is 37.6 Å². The lowest BCUT2D eigenvalue weighted by Crippen LogP contribution is -2.42. The van der Waals surface area contributed by atoms with Crippen molar-refractivity contribution in [1.29, 1.82) is 0 Å². The number of halogens is 1. The van der Waals surface area contributed by atoms with Gasteiger partial charge in [-0.1, -0.05) is 22.0 Å². The van der Waals surface area contributed by atoms with Crippen molar-refractivity contribution in [1.82, 2.24) is 10.2 Å². The van der Waals surface area contributed by atoms with Crippen LogP contribution in [0.5, 0.6) is 0 Å². The molecule has 110 valence electrons. The average molecular weight is 337 g/mol. The van der Waals surface area contributed by atoms with Crippen LogP contribution < -0.4 is 5.32 Å². The van der Waals surface area contributed by atoms with Gasteiger partial charge in [0.05, 0.1) is 0 Å². The van der Waals surface area contributed by atoms with Crippen molar-refractivity contribution in [2.75, 3.05) is 26.7 Å². The third kappa shape index (κ3) is 3.63. The first-order valence-electron chi connectivity index (χ1n) is 7.90. The normalized spacial score (nSPS) is 27.3. The van der Waals surface area contributed by atoms with Gasteiger partial charge in [0.2, 0.25) is 0 Å². The zero-order valence-electron chi connectivity index (χ0n) is 12.4. The molecule has 0 amide bonds. The summed E-state index contributed by atoms with van der Waals surface area (Å²) in [6.07, 6.45) is 6.46. The highest BCUT2D eigenvalue weighted by molar-refractivity contribution is 9.10. The number of hydrogen-bond acceptors (Lipinski definition) is 2. The average Bonchev–Trinajstić information content (AvgIpc) is 2.45. The largest absolute Gasteiger partial charge is 0.313 e. The summed E-state index contributed by atoms with van der Waals surface area (Å²) >= 11 is 3.57. The first kappa shape index (κ1) is 14.6.